The molecule has 2 aliphatic rings. The second kappa shape index (κ2) is 8.61. The topological polar surface area (TPSA) is 57.7 Å². The highest BCUT2D eigenvalue weighted by atomic mass is 16.5. The number of carbonyl (C=O) groups is 1. The number of pyridine rings is 1. The monoisotopic (exact) mass is 380 g/mol. The molecule has 6 heteroatoms. The Bertz CT molecular complexity index is 777. The van der Waals surface area contributed by atoms with Gasteiger partial charge < -0.3 is 19.9 Å². The van der Waals surface area contributed by atoms with E-state index in [4.69, 9.17) is 4.74 Å². The molecule has 1 N–H and O–H groups in total. The predicted octanol–water partition coefficient (Wildman–Crippen LogP) is 3.41. The van der Waals surface area contributed by atoms with E-state index >= 15 is 0 Å². The zero-order chi connectivity index (χ0) is 19.3. The van der Waals surface area contributed by atoms with E-state index in [-0.39, 0.29) is 5.91 Å². The van der Waals surface area contributed by atoms with Crippen LogP contribution in [0.5, 0.6) is 0 Å². The Kier molecular flexibility index (Phi) is 5.76. The molecule has 4 rings (SSSR count). The number of amides is 1. The van der Waals surface area contributed by atoms with Crippen LogP contribution < -0.4 is 15.1 Å². The fourth-order valence-corrected chi connectivity index (χ4v) is 3.75. The second-order valence-corrected chi connectivity index (χ2v) is 7.67. The third-order valence-corrected chi connectivity index (χ3v) is 5.63. The lowest BCUT2D eigenvalue weighted by Gasteiger charge is -2.32. The highest BCUT2D eigenvalue weighted by Crippen LogP contribution is 2.24. The van der Waals surface area contributed by atoms with Crippen LogP contribution in [0.15, 0.2) is 42.6 Å². The first-order valence-corrected chi connectivity index (χ1v) is 10.1. The van der Waals surface area contributed by atoms with Crippen LogP contribution in [0.4, 0.5) is 17.1 Å². The van der Waals surface area contributed by atoms with Crippen molar-refractivity contribution in [1.82, 2.24) is 4.98 Å². The Morgan fingerprint density at radius 3 is 2.25 bits per heavy atom. The molecule has 2 fully saturated rings. The highest BCUT2D eigenvalue weighted by Gasteiger charge is 2.16. The molecule has 0 saturated carbocycles. The number of hydrogen-bond donors (Lipinski definition) is 1. The molecular formula is C22H28N4O2. The zero-order valence-electron chi connectivity index (χ0n) is 16.4. The fourth-order valence-electron chi connectivity index (χ4n) is 3.75. The number of hydrogen-bond acceptors (Lipinski definition) is 5. The van der Waals surface area contributed by atoms with Gasteiger partial charge in [0.25, 0.3) is 5.91 Å². The van der Waals surface area contributed by atoms with Crippen molar-refractivity contribution in [2.45, 2.75) is 19.8 Å². The average molecular weight is 380 g/mol. The summed E-state index contributed by atoms with van der Waals surface area (Å²) in [4.78, 5) is 21.5. The molecule has 0 bridgehead atoms. The molecule has 6 nitrogen and oxygen atoms in total. The van der Waals surface area contributed by atoms with E-state index < -0.39 is 0 Å². The third kappa shape index (κ3) is 4.44. The van der Waals surface area contributed by atoms with Crippen LogP contribution in [0.25, 0.3) is 0 Å². The lowest BCUT2D eigenvalue weighted by Crippen LogP contribution is -2.36. The summed E-state index contributed by atoms with van der Waals surface area (Å²) in [5.41, 5.74) is 3.46. The van der Waals surface area contributed by atoms with Gasteiger partial charge in [0.1, 0.15) is 5.69 Å². The van der Waals surface area contributed by atoms with Crippen molar-refractivity contribution in [1.29, 1.82) is 0 Å². The molecule has 2 saturated heterocycles. The number of carbonyl (C=O) groups excluding carboxylic acids is 1. The minimum absolute atomic E-state index is 0.187. The molecular weight excluding hydrogens is 352 g/mol. The van der Waals surface area contributed by atoms with Crippen LogP contribution in [-0.4, -0.2) is 50.3 Å². The average Bonchev–Trinajstić information content (AvgIpc) is 2.76. The van der Waals surface area contributed by atoms with E-state index in [0.717, 1.165) is 56.7 Å². The number of benzene rings is 1. The Morgan fingerprint density at radius 1 is 0.964 bits per heavy atom. The van der Waals surface area contributed by atoms with Gasteiger partial charge in [0, 0.05) is 37.6 Å². The van der Waals surface area contributed by atoms with Crippen LogP contribution in [0.1, 0.15) is 30.3 Å². The SMILES string of the molecule is CC1CCN(c2ccc(NC(=O)c3ccc(N4CCOCC4)cn3)cc2)CC1. The molecule has 2 aromatic rings. The molecule has 3 heterocycles. The number of ether oxygens (including phenoxy) is 1. The van der Waals surface area contributed by atoms with Crippen LogP contribution >= 0.6 is 0 Å². The highest BCUT2D eigenvalue weighted by molar-refractivity contribution is 6.03. The number of piperidine rings is 1. The molecule has 0 spiro atoms. The Balaban J connectivity index is 1.35. The van der Waals surface area contributed by atoms with E-state index in [1.54, 1.807) is 12.3 Å². The van der Waals surface area contributed by atoms with Gasteiger partial charge in [0.15, 0.2) is 0 Å². The first-order chi connectivity index (χ1) is 13.7. The van der Waals surface area contributed by atoms with Crippen molar-refractivity contribution in [3.8, 4) is 0 Å². The van der Waals surface area contributed by atoms with Crippen molar-refractivity contribution in [3.63, 3.8) is 0 Å². The number of nitrogens with zero attached hydrogens (tertiary/aromatic N) is 3. The molecule has 0 unspecified atom stereocenters. The minimum Gasteiger partial charge on any atom is -0.378 e. The molecule has 0 radical (unpaired) electrons. The summed E-state index contributed by atoms with van der Waals surface area (Å²) in [6, 6.07) is 11.8. The molecule has 28 heavy (non-hydrogen) atoms. The van der Waals surface area contributed by atoms with Gasteiger partial charge in [-0.25, -0.2) is 4.98 Å². The molecule has 2 aliphatic heterocycles. The van der Waals surface area contributed by atoms with Crippen LogP contribution in [0.3, 0.4) is 0 Å². The largest absolute Gasteiger partial charge is 0.378 e. The maximum Gasteiger partial charge on any atom is 0.274 e. The van der Waals surface area contributed by atoms with Gasteiger partial charge in [-0.2, -0.15) is 0 Å². The van der Waals surface area contributed by atoms with Gasteiger partial charge in [-0.1, -0.05) is 6.92 Å². The summed E-state index contributed by atoms with van der Waals surface area (Å²) in [6.07, 6.45) is 4.25. The van der Waals surface area contributed by atoms with Crippen molar-refractivity contribution >= 4 is 23.0 Å². The van der Waals surface area contributed by atoms with Gasteiger partial charge in [-0.05, 0) is 55.2 Å². The number of nitrogens with one attached hydrogen (secondary N) is 1. The zero-order valence-corrected chi connectivity index (χ0v) is 16.4. The summed E-state index contributed by atoms with van der Waals surface area (Å²) in [5.74, 6) is 0.630. The molecule has 1 aromatic heterocycles. The predicted molar refractivity (Wildman–Crippen MR) is 112 cm³/mol. The summed E-state index contributed by atoms with van der Waals surface area (Å²) in [5, 5.41) is 2.94. The molecule has 0 atom stereocenters. The van der Waals surface area contributed by atoms with E-state index in [1.807, 2.05) is 18.2 Å². The van der Waals surface area contributed by atoms with E-state index in [1.165, 1.54) is 18.5 Å². The van der Waals surface area contributed by atoms with E-state index in [2.05, 4.69) is 39.2 Å². The van der Waals surface area contributed by atoms with Crippen LogP contribution in [-0.2, 0) is 4.74 Å². The molecule has 1 aromatic carbocycles. The lowest BCUT2D eigenvalue weighted by molar-refractivity contribution is 0.102. The van der Waals surface area contributed by atoms with Crippen molar-refractivity contribution in [2.24, 2.45) is 5.92 Å². The van der Waals surface area contributed by atoms with Crippen molar-refractivity contribution in [3.05, 3.63) is 48.3 Å². The van der Waals surface area contributed by atoms with Crippen molar-refractivity contribution < 1.29 is 9.53 Å². The van der Waals surface area contributed by atoms with E-state index in [9.17, 15) is 4.79 Å². The van der Waals surface area contributed by atoms with Crippen LogP contribution in [0, 0.1) is 5.92 Å². The Morgan fingerprint density at radius 2 is 1.61 bits per heavy atom. The van der Waals surface area contributed by atoms with Gasteiger partial charge in [-0.3, -0.25) is 4.79 Å². The fraction of sp³-hybridized carbons (Fsp3) is 0.455. The lowest BCUT2D eigenvalue weighted by atomic mass is 9.99. The summed E-state index contributed by atoms with van der Waals surface area (Å²) < 4.78 is 5.37. The van der Waals surface area contributed by atoms with Crippen molar-refractivity contribution in [2.75, 3.05) is 54.5 Å². The second-order valence-electron chi connectivity index (χ2n) is 7.67. The number of aromatic nitrogens is 1. The number of anilines is 3. The minimum atomic E-state index is -0.187. The molecule has 148 valence electrons. The maximum atomic E-state index is 12.5. The summed E-state index contributed by atoms with van der Waals surface area (Å²) >= 11 is 0. The van der Waals surface area contributed by atoms with E-state index in [0.29, 0.717) is 5.69 Å². The van der Waals surface area contributed by atoms with Gasteiger partial charge in [0.05, 0.1) is 25.1 Å². The maximum absolute atomic E-state index is 12.5. The first kappa shape index (κ1) is 18.7. The van der Waals surface area contributed by atoms with Crippen LogP contribution in [0.2, 0.25) is 0 Å². The summed E-state index contributed by atoms with van der Waals surface area (Å²) in [7, 11) is 0. The Hall–Kier alpha value is -2.60. The number of rotatable bonds is 4. The smallest absolute Gasteiger partial charge is 0.274 e. The first-order valence-electron chi connectivity index (χ1n) is 10.1. The Labute approximate surface area is 166 Å². The summed E-state index contributed by atoms with van der Waals surface area (Å²) in [6.45, 7) is 7.70. The molecule has 0 aliphatic carbocycles. The van der Waals surface area contributed by atoms with Gasteiger partial charge >= 0.3 is 0 Å². The molecule has 1 amide bonds. The quantitative estimate of drug-likeness (QED) is 0.881. The van der Waals surface area contributed by atoms with Gasteiger partial charge in [0.2, 0.25) is 0 Å². The normalized spacial score (nSPS) is 18.2. The third-order valence-electron chi connectivity index (χ3n) is 5.63. The number of morpholine rings is 1. The standard InChI is InChI=1S/C22H28N4O2/c1-17-8-10-25(11-9-17)19-4-2-18(3-5-19)24-22(27)21-7-6-20(16-23-21)26-12-14-28-15-13-26/h2-7,16-17H,8-15H2,1H3,(H,24,27). The van der Waals surface area contributed by atoms with Gasteiger partial charge in [-0.15, -0.1) is 0 Å².